The maximum Gasteiger partial charge on any atom is 0.331 e. The number of carbonyl (C=O) groups is 1. The molecule has 5 rings (SSSR count). The summed E-state index contributed by atoms with van der Waals surface area (Å²) in [4.78, 5) is 13.0. The summed E-state index contributed by atoms with van der Waals surface area (Å²) in [6.07, 6.45) is 20.5. The molecule has 0 heterocycles. The van der Waals surface area contributed by atoms with E-state index in [-0.39, 0.29) is 22.9 Å². The lowest BCUT2D eigenvalue weighted by molar-refractivity contribution is -0.153. The molecule has 3 heteroatoms. The fraction of sp³-hybridized carbons (Fsp3) is 0.683. The van der Waals surface area contributed by atoms with Crippen molar-refractivity contribution in [3.63, 3.8) is 0 Å². The molecule has 3 nitrogen and oxygen atoms in total. The van der Waals surface area contributed by atoms with Crippen molar-refractivity contribution in [2.45, 2.75) is 132 Å². The van der Waals surface area contributed by atoms with Crippen molar-refractivity contribution in [3.8, 4) is 0 Å². The Kier molecular flexibility index (Phi) is 9.77. The first kappa shape index (κ1) is 33.2. The number of fused-ring (bicyclic) bond motifs is 5. The zero-order chi connectivity index (χ0) is 31.9. The van der Waals surface area contributed by atoms with Crippen molar-refractivity contribution in [2.24, 2.45) is 45.8 Å². The first-order valence-corrected chi connectivity index (χ1v) is 17.8. The molecular formula is C41H60O3. The summed E-state index contributed by atoms with van der Waals surface area (Å²) < 4.78 is 6.19. The highest BCUT2D eigenvalue weighted by molar-refractivity contribution is 5.87. The lowest BCUT2D eigenvalue weighted by atomic mass is 9.44. The molecule has 0 radical (unpaired) electrons. The monoisotopic (exact) mass is 600 g/mol. The summed E-state index contributed by atoms with van der Waals surface area (Å²) in [6.45, 7) is 18.6. The van der Waals surface area contributed by atoms with E-state index in [0.717, 1.165) is 53.6 Å². The standard InChI is InChI=1S/C41H60O3/c1-27(2)11-9-10-12-28(3)33-19-20-34-32-18-21-36-39(5,6)37(24-26-41(36,8)35(32)23-25-40(33,34)7)44-38(43)22-15-30-13-16-31(17-14-30)29(4)42/h11,13-17,21-22,28-29,32-35,37,42H,9-10,12,18-20,23-26H2,1-8H3/b22-15+. The lowest BCUT2D eigenvalue weighted by Gasteiger charge is -2.61. The third-order valence-corrected chi connectivity index (χ3v) is 13.2. The van der Waals surface area contributed by atoms with Gasteiger partial charge in [-0.1, -0.05) is 88.6 Å². The second kappa shape index (κ2) is 12.9. The number of rotatable bonds is 9. The molecule has 1 N–H and O–H groups in total. The zero-order valence-electron chi connectivity index (χ0n) is 29.0. The van der Waals surface area contributed by atoms with E-state index in [2.05, 4.69) is 60.6 Å². The van der Waals surface area contributed by atoms with Gasteiger partial charge in [-0.25, -0.2) is 4.79 Å². The van der Waals surface area contributed by atoms with Crippen LogP contribution in [-0.2, 0) is 9.53 Å². The van der Waals surface area contributed by atoms with Crippen LogP contribution in [0.5, 0.6) is 0 Å². The second-order valence-electron chi connectivity index (χ2n) is 16.4. The molecule has 0 saturated heterocycles. The average molecular weight is 601 g/mol. The predicted molar refractivity (Wildman–Crippen MR) is 183 cm³/mol. The zero-order valence-corrected chi connectivity index (χ0v) is 29.0. The minimum Gasteiger partial charge on any atom is -0.458 e. The van der Waals surface area contributed by atoms with Crippen molar-refractivity contribution >= 4 is 12.0 Å². The van der Waals surface area contributed by atoms with Crippen LogP contribution >= 0.6 is 0 Å². The molecular weight excluding hydrogens is 540 g/mol. The summed E-state index contributed by atoms with van der Waals surface area (Å²) in [7, 11) is 0. The minimum absolute atomic E-state index is 0.106. The smallest absolute Gasteiger partial charge is 0.331 e. The van der Waals surface area contributed by atoms with Gasteiger partial charge in [0.15, 0.2) is 0 Å². The minimum atomic E-state index is -0.494. The van der Waals surface area contributed by atoms with Gasteiger partial charge in [0.05, 0.1) is 6.10 Å². The molecule has 3 fully saturated rings. The molecule has 4 aliphatic rings. The molecule has 9 unspecified atom stereocenters. The molecule has 4 aliphatic carbocycles. The van der Waals surface area contributed by atoms with E-state index < -0.39 is 6.10 Å². The molecule has 0 bridgehead atoms. The van der Waals surface area contributed by atoms with Gasteiger partial charge in [-0.3, -0.25) is 0 Å². The average Bonchev–Trinajstić information content (AvgIpc) is 3.33. The molecule has 0 spiro atoms. The van der Waals surface area contributed by atoms with Gasteiger partial charge >= 0.3 is 5.97 Å². The lowest BCUT2D eigenvalue weighted by Crippen LogP contribution is -2.55. The fourth-order valence-electron chi connectivity index (χ4n) is 10.8. The van der Waals surface area contributed by atoms with Gasteiger partial charge in [0.25, 0.3) is 0 Å². The summed E-state index contributed by atoms with van der Waals surface area (Å²) in [5.41, 5.74) is 5.33. The topological polar surface area (TPSA) is 46.5 Å². The van der Waals surface area contributed by atoms with Gasteiger partial charge in [0.1, 0.15) is 6.10 Å². The van der Waals surface area contributed by atoms with Crippen LogP contribution in [-0.4, -0.2) is 17.2 Å². The number of esters is 1. The van der Waals surface area contributed by atoms with Crippen molar-refractivity contribution < 1.29 is 14.6 Å². The Morgan fingerprint density at radius 1 is 1.00 bits per heavy atom. The largest absolute Gasteiger partial charge is 0.458 e. The number of ether oxygens (including phenoxy) is 1. The number of carbonyl (C=O) groups excluding carboxylic acids is 1. The highest BCUT2D eigenvalue weighted by Gasteiger charge is 2.61. The van der Waals surface area contributed by atoms with E-state index >= 15 is 0 Å². The van der Waals surface area contributed by atoms with Crippen LogP contribution in [0.25, 0.3) is 6.08 Å². The molecule has 1 aromatic rings. The Balaban J connectivity index is 1.25. The number of allylic oxidation sites excluding steroid dienone is 3. The number of hydrogen-bond acceptors (Lipinski definition) is 3. The highest BCUT2D eigenvalue weighted by Crippen LogP contribution is 2.69. The number of aliphatic hydroxyl groups is 1. The predicted octanol–water partition coefficient (Wildman–Crippen LogP) is 10.7. The molecule has 242 valence electrons. The quantitative estimate of drug-likeness (QED) is 0.133. The molecule has 44 heavy (non-hydrogen) atoms. The van der Waals surface area contributed by atoms with E-state index in [0.29, 0.717) is 5.41 Å². The van der Waals surface area contributed by atoms with E-state index in [4.69, 9.17) is 4.74 Å². The molecule has 3 saturated carbocycles. The van der Waals surface area contributed by atoms with Gasteiger partial charge in [-0.05, 0) is 136 Å². The van der Waals surface area contributed by atoms with Gasteiger partial charge in [-0.15, -0.1) is 0 Å². The highest BCUT2D eigenvalue weighted by atomic mass is 16.5. The molecule has 1 aromatic carbocycles. The van der Waals surface area contributed by atoms with Gasteiger partial charge in [0, 0.05) is 11.5 Å². The Bertz CT molecular complexity index is 1260. The molecule has 9 atom stereocenters. The van der Waals surface area contributed by atoms with Crippen LogP contribution < -0.4 is 0 Å². The SMILES string of the molecule is CC(C)=CCCCC(C)C1CCC2C3CC=C4C(C)(C)C(OC(=O)/C=C/c5ccc(C(C)O)cc5)CCC4(C)C3CCC12C. The van der Waals surface area contributed by atoms with Crippen LogP contribution in [0, 0.1) is 45.8 Å². The van der Waals surface area contributed by atoms with Crippen LogP contribution in [0.2, 0.25) is 0 Å². The second-order valence-corrected chi connectivity index (χ2v) is 16.4. The fourth-order valence-corrected chi connectivity index (χ4v) is 10.8. The summed E-state index contributed by atoms with van der Waals surface area (Å²) >= 11 is 0. The maximum atomic E-state index is 13.0. The van der Waals surface area contributed by atoms with Gasteiger partial charge < -0.3 is 9.84 Å². The number of hydrogen-bond donors (Lipinski definition) is 1. The number of unbranched alkanes of at least 4 members (excludes halogenated alkanes) is 1. The molecule has 0 amide bonds. The third kappa shape index (κ3) is 6.29. The first-order chi connectivity index (χ1) is 20.8. The number of benzene rings is 1. The van der Waals surface area contributed by atoms with Crippen LogP contribution in [0.3, 0.4) is 0 Å². The summed E-state index contributed by atoms with van der Waals surface area (Å²) in [5.74, 6) is 3.81. The van der Waals surface area contributed by atoms with Gasteiger partial charge in [0.2, 0.25) is 0 Å². The van der Waals surface area contributed by atoms with Crippen molar-refractivity contribution in [3.05, 3.63) is 64.8 Å². The van der Waals surface area contributed by atoms with Crippen molar-refractivity contribution in [1.29, 1.82) is 0 Å². The summed E-state index contributed by atoms with van der Waals surface area (Å²) in [6, 6.07) is 7.66. The Morgan fingerprint density at radius 2 is 1.73 bits per heavy atom. The van der Waals surface area contributed by atoms with E-state index in [1.165, 1.54) is 56.9 Å². The summed E-state index contributed by atoms with van der Waals surface area (Å²) in [5, 5.41) is 9.76. The van der Waals surface area contributed by atoms with E-state index in [9.17, 15) is 9.90 Å². The Morgan fingerprint density at radius 3 is 2.41 bits per heavy atom. The van der Waals surface area contributed by atoms with Crippen LogP contribution in [0.15, 0.2) is 53.6 Å². The van der Waals surface area contributed by atoms with Crippen molar-refractivity contribution in [2.75, 3.05) is 0 Å². The Hall–Kier alpha value is -2.13. The van der Waals surface area contributed by atoms with Crippen molar-refractivity contribution in [1.82, 2.24) is 0 Å². The third-order valence-electron chi connectivity index (χ3n) is 13.2. The number of aliphatic hydroxyl groups excluding tert-OH is 1. The van der Waals surface area contributed by atoms with E-state index in [1.54, 1.807) is 18.6 Å². The molecule has 0 aliphatic heterocycles. The van der Waals surface area contributed by atoms with Crippen LogP contribution in [0.1, 0.15) is 137 Å². The first-order valence-electron chi connectivity index (χ1n) is 17.8. The maximum absolute atomic E-state index is 13.0. The van der Waals surface area contributed by atoms with Crippen LogP contribution in [0.4, 0.5) is 0 Å². The molecule has 0 aromatic heterocycles. The van der Waals surface area contributed by atoms with Gasteiger partial charge in [-0.2, -0.15) is 0 Å². The Labute approximate surface area is 268 Å². The van der Waals surface area contributed by atoms with E-state index in [1.807, 2.05) is 30.3 Å². The normalized spacial score (nSPS) is 35.6.